The molecular formula is C48H35N3. The molecule has 0 bridgehead atoms. The lowest BCUT2D eigenvalue weighted by Crippen LogP contribution is -2.10. The van der Waals surface area contributed by atoms with E-state index in [9.17, 15) is 0 Å². The Bertz CT molecular complexity index is 2500. The van der Waals surface area contributed by atoms with E-state index in [4.69, 9.17) is 0 Å². The molecule has 3 heteroatoms. The summed E-state index contributed by atoms with van der Waals surface area (Å²) in [4.78, 5) is 4.64. The molecule has 0 aliphatic heterocycles. The Morgan fingerprint density at radius 2 is 0.647 bits per heavy atom. The van der Waals surface area contributed by atoms with Crippen LogP contribution in [0.2, 0.25) is 0 Å². The van der Waals surface area contributed by atoms with Gasteiger partial charge in [0, 0.05) is 50.6 Å². The quantitative estimate of drug-likeness (QED) is 0.162. The van der Waals surface area contributed by atoms with Crippen LogP contribution in [0.4, 0.5) is 34.1 Å². The van der Waals surface area contributed by atoms with Crippen molar-refractivity contribution < 1.29 is 0 Å². The lowest BCUT2D eigenvalue weighted by atomic mass is 10.0. The van der Waals surface area contributed by atoms with E-state index >= 15 is 0 Å². The monoisotopic (exact) mass is 653 g/mol. The molecule has 0 spiro atoms. The summed E-state index contributed by atoms with van der Waals surface area (Å²) >= 11 is 0. The lowest BCUT2D eigenvalue weighted by Gasteiger charge is -2.26. The normalized spacial score (nSPS) is 11.1. The number of hydrogen-bond donors (Lipinski definition) is 0. The smallest absolute Gasteiger partial charge is 0.0542 e. The van der Waals surface area contributed by atoms with E-state index in [1.807, 2.05) is 0 Å². The fourth-order valence-corrected chi connectivity index (χ4v) is 7.19. The summed E-state index contributed by atoms with van der Waals surface area (Å²) in [5.74, 6) is 0. The standard InChI is InChI=1S/C48H35N3/c1-5-15-38(16-6-1)49(39-17-7-2-8-18-39)42-29-25-36(26-30-42)37-27-31-43(32-28-37)50(40-19-9-3-10-20-40)44-33-34-48-46(35-44)45-23-13-14-24-47(45)51(48)41-21-11-4-12-22-41/h1-35H. The second kappa shape index (κ2) is 13.2. The molecule has 9 aromatic rings. The average Bonchev–Trinajstić information content (AvgIpc) is 3.54. The zero-order chi connectivity index (χ0) is 34.0. The van der Waals surface area contributed by atoms with Gasteiger partial charge in [-0.2, -0.15) is 0 Å². The highest BCUT2D eigenvalue weighted by atomic mass is 15.1. The molecule has 9 rings (SSSR count). The molecule has 0 amide bonds. The summed E-state index contributed by atoms with van der Waals surface area (Å²) in [5.41, 5.74) is 12.6. The highest BCUT2D eigenvalue weighted by Crippen LogP contribution is 2.41. The number of nitrogens with zero attached hydrogens (tertiary/aromatic N) is 3. The minimum atomic E-state index is 1.10. The van der Waals surface area contributed by atoms with Crippen LogP contribution >= 0.6 is 0 Å². The fourth-order valence-electron chi connectivity index (χ4n) is 7.19. The predicted octanol–water partition coefficient (Wildman–Crippen LogP) is 13.4. The molecule has 0 atom stereocenters. The number of rotatable bonds is 8. The minimum absolute atomic E-state index is 1.10. The fraction of sp³-hybridized carbons (Fsp3) is 0. The van der Waals surface area contributed by atoms with E-state index in [-0.39, 0.29) is 0 Å². The second-order valence-electron chi connectivity index (χ2n) is 12.7. The molecule has 0 saturated carbocycles. The van der Waals surface area contributed by atoms with E-state index in [1.165, 1.54) is 32.9 Å². The molecule has 0 saturated heterocycles. The summed E-state index contributed by atoms with van der Waals surface area (Å²) in [6, 6.07) is 75.6. The Morgan fingerprint density at radius 1 is 0.275 bits per heavy atom. The maximum atomic E-state index is 2.36. The van der Waals surface area contributed by atoms with Crippen LogP contribution in [-0.2, 0) is 0 Å². The lowest BCUT2D eigenvalue weighted by molar-refractivity contribution is 1.18. The Hall–Kier alpha value is -6.84. The maximum absolute atomic E-state index is 2.36. The molecule has 242 valence electrons. The molecule has 0 unspecified atom stereocenters. The first kappa shape index (κ1) is 30.2. The summed E-state index contributed by atoms with van der Waals surface area (Å²) in [6.07, 6.45) is 0. The molecule has 8 aromatic carbocycles. The summed E-state index contributed by atoms with van der Waals surface area (Å²) in [6.45, 7) is 0. The maximum Gasteiger partial charge on any atom is 0.0542 e. The van der Waals surface area contributed by atoms with E-state index < -0.39 is 0 Å². The molecule has 0 N–H and O–H groups in total. The number of para-hydroxylation sites is 5. The van der Waals surface area contributed by atoms with Crippen LogP contribution in [-0.4, -0.2) is 4.57 Å². The van der Waals surface area contributed by atoms with Crippen LogP contribution in [0.25, 0.3) is 38.6 Å². The van der Waals surface area contributed by atoms with Gasteiger partial charge in [0.1, 0.15) is 0 Å². The Balaban J connectivity index is 1.08. The topological polar surface area (TPSA) is 11.4 Å². The molecule has 0 aliphatic rings. The van der Waals surface area contributed by atoms with Crippen molar-refractivity contribution in [3.8, 4) is 16.8 Å². The molecular weight excluding hydrogens is 619 g/mol. The molecule has 3 nitrogen and oxygen atoms in total. The van der Waals surface area contributed by atoms with Gasteiger partial charge in [0.05, 0.1) is 11.0 Å². The SMILES string of the molecule is c1ccc(N(c2ccccc2)c2ccc(-c3ccc(N(c4ccccc4)c4ccc5c(c4)c4ccccc4n5-c4ccccc4)cc3)cc2)cc1. The van der Waals surface area contributed by atoms with E-state index in [2.05, 4.69) is 227 Å². The van der Waals surface area contributed by atoms with Crippen molar-refractivity contribution in [1.29, 1.82) is 0 Å². The summed E-state index contributed by atoms with van der Waals surface area (Å²) < 4.78 is 2.36. The number of hydrogen-bond acceptors (Lipinski definition) is 2. The van der Waals surface area contributed by atoms with E-state index in [1.54, 1.807) is 0 Å². The number of fused-ring (bicyclic) bond motifs is 3. The van der Waals surface area contributed by atoms with E-state index in [0.717, 1.165) is 39.8 Å². The Morgan fingerprint density at radius 3 is 1.16 bits per heavy atom. The Kier molecular flexibility index (Phi) is 7.84. The zero-order valence-electron chi connectivity index (χ0n) is 28.0. The van der Waals surface area contributed by atoms with Gasteiger partial charge in [-0.05, 0) is 108 Å². The molecule has 0 aliphatic carbocycles. The van der Waals surface area contributed by atoms with Gasteiger partial charge in [-0.1, -0.05) is 115 Å². The van der Waals surface area contributed by atoms with Gasteiger partial charge in [0.15, 0.2) is 0 Å². The molecule has 0 radical (unpaired) electrons. The van der Waals surface area contributed by atoms with Gasteiger partial charge < -0.3 is 14.4 Å². The number of anilines is 6. The summed E-state index contributed by atoms with van der Waals surface area (Å²) in [7, 11) is 0. The van der Waals surface area contributed by atoms with Gasteiger partial charge in [-0.25, -0.2) is 0 Å². The van der Waals surface area contributed by atoms with Crippen molar-refractivity contribution in [1.82, 2.24) is 4.57 Å². The van der Waals surface area contributed by atoms with Crippen molar-refractivity contribution in [3.63, 3.8) is 0 Å². The van der Waals surface area contributed by atoms with Gasteiger partial charge in [-0.3, -0.25) is 0 Å². The van der Waals surface area contributed by atoms with Gasteiger partial charge in [0.25, 0.3) is 0 Å². The third-order valence-electron chi connectivity index (χ3n) is 9.56. The number of aromatic nitrogens is 1. The third kappa shape index (κ3) is 5.71. The minimum Gasteiger partial charge on any atom is -0.311 e. The van der Waals surface area contributed by atoms with Crippen LogP contribution in [0.1, 0.15) is 0 Å². The molecule has 1 heterocycles. The van der Waals surface area contributed by atoms with Gasteiger partial charge in [0.2, 0.25) is 0 Å². The first-order chi connectivity index (χ1) is 25.3. The van der Waals surface area contributed by atoms with Crippen LogP contribution in [0.15, 0.2) is 212 Å². The van der Waals surface area contributed by atoms with Crippen molar-refractivity contribution in [3.05, 3.63) is 212 Å². The summed E-state index contributed by atoms with van der Waals surface area (Å²) in [5, 5.41) is 2.47. The number of benzene rings is 8. The van der Waals surface area contributed by atoms with Crippen molar-refractivity contribution >= 4 is 55.9 Å². The van der Waals surface area contributed by atoms with Crippen LogP contribution in [0.5, 0.6) is 0 Å². The highest BCUT2D eigenvalue weighted by molar-refractivity contribution is 6.10. The van der Waals surface area contributed by atoms with Crippen LogP contribution in [0.3, 0.4) is 0 Å². The average molecular weight is 654 g/mol. The first-order valence-electron chi connectivity index (χ1n) is 17.4. The van der Waals surface area contributed by atoms with Gasteiger partial charge in [-0.15, -0.1) is 0 Å². The predicted molar refractivity (Wildman–Crippen MR) is 216 cm³/mol. The van der Waals surface area contributed by atoms with Crippen LogP contribution in [0, 0.1) is 0 Å². The van der Waals surface area contributed by atoms with Gasteiger partial charge >= 0.3 is 0 Å². The van der Waals surface area contributed by atoms with E-state index in [0.29, 0.717) is 0 Å². The molecule has 0 fully saturated rings. The van der Waals surface area contributed by atoms with Crippen molar-refractivity contribution in [2.75, 3.05) is 9.80 Å². The zero-order valence-corrected chi connectivity index (χ0v) is 28.0. The second-order valence-corrected chi connectivity index (χ2v) is 12.7. The molecule has 51 heavy (non-hydrogen) atoms. The van der Waals surface area contributed by atoms with Crippen LogP contribution < -0.4 is 9.80 Å². The largest absolute Gasteiger partial charge is 0.311 e. The highest BCUT2D eigenvalue weighted by Gasteiger charge is 2.18. The molecule has 1 aromatic heterocycles. The first-order valence-corrected chi connectivity index (χ1v) is 17.4. The Labute approximate surface area is 298 Å². The third-order valence-corrected chi connectivity index (χ3v) is 9.56. The van der Waals surface area contributed by atoms with Crippen molar-refractivity contribution in [2.45, 2.75) is 0 Å². The van der Waals surface area contributed by atoms with Crippen molar-refractivity contribution in [2.24, 2.45) is 0 Å².